The summed E-state index contributed by atoms with van der Waals surface area (Å²) < 4.78 is 4.94. The normalized spacial score (nSPS) is 16.8. The average Bonchev–Trinajstić information content (AvgIpc) is 3.34. The molecule has 1 aromatic carbocycles. The number of carbonyl (C=O) groups excluding carboxylic acids is 3. The third kappa shape index (κ3) is 4.06. The van der Waals surface area contributed by atoms with Crippen LogP contribution in [-0.4, -0.2) is 40.9 Å². The second-order valence-electron chi connectivity index (χ2n) is 6.61. The summed E-state index contributed by atoms with van der Waals surface area (Å²) >= 11 is 6.48. The summed E-state index contributed by atoms with van der Waals surface area (Å²) in [5.74, 6) is -0.647. The van der Waals surface area contributed by atoms with E-state index in [0.717, 1.165) is 20.9 Å². The van der Waals surface area contributed by atoms with Gasteiger partial charge in [-0.1, -0.05) is 6.07 Å². The molecule has 4 rings (SSSR count). The lowest BCUT2D eigenvalue weighted by atomic mass is 10.1. The summed E-state index contributed by atoms with van der Waals surface area (Å²) in [6, 6.07) is 9.69. The molecule has 2 aromatic rings. The van der Waals surface area contributed by atoms with Crippen molar-refractivity contribution in [3.63, 3.8) is 0 Å². The van der Waals surface area contributed by atoms with Crippen molar-refractivity contribution in [1.29, 1.82) is 0 Å². The van der Waals surface area contributed by atoms with Crippen molar-refractivity contribution in [3.05, 3.63) is 52.0 Å². The zero-order valence-electron chi connectivity index (χ0n) is 15.5. The Morgan fingerprint density at radius 1 is 1.28 bits per heavy atom. The average molecular weight is 428 g/mol. The van der Waals surface area contributed by atoms with Gasteiger partial charge < -0.3 is 15.0 Å². The molecular formula is C20H17N3O4S2. The molecule has 9 heteroatoms. The molecule has 0 unspecified atom stereocenters. The lowest BCUT2D eigenvalue weighted by Gasteiger charge is -2.14. The van der Waals surface area contributed by atoms with E-state index in [0.29, 0.717) is 29.5 Å². The SMILES string of the molecule is CC(=O)OCCN1Cc2cc(-c3ccc(/C=C4/NC(=S)NC4=O)s3)ccc2C1=O. The number of thiophene rings is 1. The monoisotopic (exact) mass is 427 g/mol. The summed E-state index contributed by atoms with van der Waals surface area (Å²) in [4.78, 5) is 38.8. The van der Waals surface area contributed by atoms with Crippen LogP contribution in [0.4, 0.5) is 0 Å². The molecule has 0 radical (unpaired) electrons. The number of nitrogens with one attached hydrogen (secondary N) is 2. The number of benzene rings is 1. The van der Waals surface area contributed by atoms with Crippen molar-refractivity contribution in [1.82, 2.24) is 15.5 Å². The quantitative estimate of drug-likeness (QED) is 0.433. The first-order valence-electron chi connectivity index (χ1n) is 8.90. The minimum absolute atomic E-state index is 0.0513. The van der Waals surface area contributed by atoms with Crippen LogP contribution < -0.4 is 10.6 Å². The maximum atomic E-state index is 12.5. The fraction of sp³-hybridized carbons (Fsp3) is 0.200. The van der Waals surface area contributed by atoms with Crippen LogP contribution in [0.2, 0.25) is 0 Å². The molecule has 0 spiro atoms. The molecule has 1 saturated heterocycles. The van der Waals surface area contributed by atoms with Crippen molar-refractivity contribution in [2.24, 2.45) is 0 Å². The molecule has 2 aliphatic rings. The maximum absolute atomic E-state index is 12.5. The summed E-state index contributed by atoms with van der Waals surface area (Å²) in [7, 11) is 0. The van der Waals surface area contributed by atoms with E-state index in [1.807, 2.05) is 30.3 Å². The van der Waals surface area contributed by atoms with E-state index in [-0.39, 0.29) is 24.4 Å². The Morgan fingerprint density at radius 2 is 2.10 bits per heavy atom. The van der Waals surface area contributed by atoms with Gasteiger partial charge in [0, 0.05) is 28.8 Å². The van der Waals surface area contributed by atoms with E-state index in [9.17, 15) is 14.4 Å². The number of carbonyl (C=O) groups is 3. The van der Waals surface area contributed by atoms with Crippen molar-refractivity contribution in [2.75, 3.05) is 13.2 Å². The lowest BCUT2D eigenvalue weighted by molar-refractivity contribution is -0.141. The number of hydrogen-bond donors (Lipinski definition) is 2. The van der Waals surface area contributed by atoms with Gasteiger partial charge in [0.05, 0.1) is 6.54 Å². The van der Waals surface area contributed by atoms with E-state index < -0.39 is 0 Å². The van der Waals surface area contributed by atoms with Crippen molar-refractivity contribution in [2.45, 2.75) is 13.5 Å². The largest absolute Gasteiger partial charge is 0.464 e. The first kappa shape index (κ1) is 19.3. The zero-order valence-corrected chi connectivity index (χ0v) is 17.1. The lowest BCUT2D eigenvalue weighted by Crippen LogP contribution is -2.28. The van der Waals surface area contributed by atoms with E-state index in [1.54, 1.807) is 22.3 Å². The number of amides is 2. The highest BCUT2D eigenvalue weighted by Crippen LogP contribution is 2.33. The van der Waals surface area contributed by atoms with Gasteiger partial charge in [0.15, 0.2) is 5.11 Å². The van der Waals surface area contributed by atoms with Crippen LogP contribution in [-0.2, 0) is 20.9 Å². The summed E-state index contributed by atoms with van der Waals surface area (Å²) in [6.07, 6.45) is 1.76. The van der Waals surface area contributed by atoms with Crippen LogP contribution in [0.25, 0.3) is 16.5 Å². The fourth-order valence-electron chi connectivity index (χ4n) is 3.22. The second-order valence-corrected chi connectivity index (χ2v) is 8.13. The van der Waals surface area contributed by atoms with E-state index in [1.165, 1.54) is 6.92 Å². The molecule has 1 fully saturated rings. The number of rotatable bonds is 5. The summed E-state index contributed by atoms with van der Waals surface area (Å²) in [6.45, 7) is 2.40. The van der Waals surface area contributed by atoms with E-state index in [2.05, 4.69) is 10.6 Å². The van der Waals surface area contributed by atoms with Gasteiger partial charge in [-0.3, -0.25) is 19.7 Å². The first-order chi connectivity index (χ1) is 13.9. The number of fused-ring (bicyclic) bond motifs is 1. The van der Waals surface area contributed by atoms with Crippen molar-refractivity contribution in [3.8, 4) is 10.4 Å². The van der Waals surface area contributed by atoms with Crippen LogP contribution in [0.15, 0.2) is 36.0 Å². The van der Waals surface area contributed by atoms with Crippen LogP contribution in [0.3, 0.4) is 0 Å². The Kier molecular flexibility index (Phi) is 5.16. The molecule has 0 aliphatic carbocycles. The van der Waals surface area contributed by atoms with Gasteiger partial charge in [0.1, 0.15) is 12.3 Å². The highest BCUT2D eigenvalue weighted by molar-refractivity contribution is 7.80. The minimum atomic E-state index is -0.355. The van der Waals surface area contributed by atoms with E-state index in [4.69, 9.17) is 17.0 Å². The number of hydrogen-bond acceptors (Lipinski definition) is 6. The summed E-state index contributed by atoms with van der Waals surface area (Å²) in [5.41, 5.74) is 3.06. The minimum Gasteiger partial charge on any atom is -0.464 e. The smallest absolute Gasteiger partial charge is 0.302 e. The van der Waals surface area contributed by atoms with Gasteiger partial charge in [0.25, 0.3) is 11.8 Å². The number of ether oxygens (including phenoxy) is 1. The predicted octanol–water partition coefficient (Wildman–Crippen LogP) is 2.28. The topological polar surface area (TPSA) is 87.7 Å². The molecule has 0 atom stereocenters. The van der Waals surface area contributed by atoms with E-state index >= 15 is 0 Å². The first-order valence-corrected chi connectivity index (χ1v) is 10.1. The molecule has 1 aromatic heterocycles. The van der Waals surface area contributed by atoms with Gasteiger partial charge in [-0.15, -0.1) is 11.3 Å². The molecule has 2 N–H and O–H groups in total. The van der Waals surface area contributed by atoms with Crippen molar-refractivity contribution < 1.29 is 19.1 Å². The van der Waals surface area contributed by atoms with Gasteiger partial charge >= 0.3 is 5.97 Å². The molecule has 29 heavy (non-hydrogen) atoms. The van der Waals surface area contributed by atoms with Gasteiger partial charge in [-0.05, 0) is 53.7 Å². The molecular weight excluding hydrogens is 410 g/mol. The molecule has 0 bridgehead atoms. The van der Waals surface area contributed by atoms with Crippen LogP contribution in [0.1, 0.15) is 27.7 Å². The Labute approximate surface area is 176 Å². The third-order valence-electron chi connectivity index (χ3n) is 4.57. The highest BCUT2D eigenvalue weighted by atomic mass is 32.1. The summed E-state index contributed by atoms with van der Waals surface area (Å²) in [5, 5.41) is 5.67. The molecule has 148 valence electrons. The molecule has 2 aliphatic heterocycles. The molecule has 3 heterocycles. The Bertz CT molecular complexity index is 1070. The number of thiocarbonyl (C=S) groups is 1. The van der Waals surface area contributed by atoms with Gasteiger partial charge in [-0.25, -0.2) is 0 Å². The molecule has 0 saturated carbocycles. The Balaban J connectivity index is 1.50. The van der Waals surface area contributed by atoms with Crippen molar-refractivity contribution >= 4 is 52.5 Å². The fourth-order valence-corrected chi connectivity index (χ4v) is 4.37. The number of esters is 1. The van der Waals surface area contributed by atoms with Gasteiger partial charge in [-0.2, -0.15) is 0 Å². The molecule has 2 amide bonds. The maximum Gasteiger partial charge on any atom is 0.302 e. The zero-order chi connectivity index (χ0) is 20.5. The van der Waals surface area contributed by atoms with Gasteiger partial charge in [0.2, 0.25) is 0 Å². The van der Waals surface area contributed by atoms with Crippen LogP contribution in [0.5, 0.6) is 0 Å². The predicted molar refractivity (Wildman–Crippen MR) is 113 cm³/mol. The Hall–Kier alpha value is -3.04. The highest BCUT2D eigenvalue weighted by Gasteiger charge is 2.27. The molecule has 7 nitrogen and oxygen atoms in total. The Morgan fingerprint density at radius 3 is 2.83 bits per heavy atom. The van der Waals surface area contributed by atoms with Crippen LogP contribution in [0, 0.1) is 0 Å². The standard InChI is InChI=1S/C20H17N3O4S2/c1-11(24)27-7-6-23-10-13-8-12(2-4-15(13)19(23)26)17-5-3-14(29-17)9-16-18(25)22-20(28)21-16/h2-5,8-9H,6-7,10H2,1H3,(H2,21,22,25,28)/b16-9+. The number of nitrogens with zero attached hydrogens (tertiary/aromatic N) is 1. The second kappa shape index (κ2) is 7.76. The third-order valence-corrected chi connectivity index (χ3v) is 5.85. The van der Waals surface area contributed by atoms with Crippen LogP contribution >= 0.6 is 23.6 Å².